The van der Waals surface area contributed by atoms with Gasteiger partial charge in [-0.3, -0.25) is 9.55 Å². The Balaban J connectivity index is 1.61. The zero-order valence-electron chi connectivity index (χ0n) is 39.4. The van der Waals surface area contributed by atoms with E-state index in [0.29, 0.717) is 44.8 Å². The number of imidazole rings is 1. The molecule has 52 heavy (non-hydrogen) atoms. The molecule has 0 aliphatic carbocycles. The first kappa shape index (κ1) is 25.5. The summed E-state index contributed by atoms with van der Waals surface area (Å²) in [5.74, 6) is 0.527. The Labute approximate surface area is 321 Å². The lowest BCUT2D eigenvalue weighted by molar-refractivity contribution is 0.446. The van der Waals surface area contributed by atoms with Crippen LogP contribution in [0, 0.1) is 0 Å². The van der Waals surface area contributed by atoms with E-state index in [1.807, 2.05) is 116 Å². The average molecular weight is 693 g/mol. The van der Waals surface area contributed by atoms with Crippen LogP contribution in [0.5, 0.6) is 5.75 Å². The van der Waals surface area contributed by atoms with Crippen LogP contribution in [0.3, 0.4) is 0 Å². The van der Waals surface area contributed by atoms with E-state index in [4.69, 9.17) is 17.3 Å². The van der Waals surface area contributed by atoms with Crippen LogP contribution < -0.4 is 0 Å². The summed E-state index contributed by atoms with van der Waals surface area (Å²) < 4.78 is 79.7. The predicted octanol–water partition coefficient (Wildman–Crippen LogP) is 12.7. The summed E-state index contributed by atoms with van der Waals surface area (Å²) in [7, 11) is 0. The Bertz CT molecular complexity index is 2700. The first-order chi connectivity index (χ1) is 28.3. The SMILES string of the molecule is [2H]C([2H])([2H])C(c1cc(-c2cc(-c3ccccc3)ccn2)cc(-c2cccc3c2nc(-c2cc(C(C)(C)C)cc(C(C)(C)C)c2O)n3-c2ccccc2)c1)(C([2H])([2H])[2H])C([2H])([2H])[2H]. The van der Waals surface area contributed by atoms with Gasteiger partial charge in [-0.1, -0.05) is 135 Å². The molecule has 7 rings (SSSR count). The third kappa shape index (κ3) is 6.66. The average Bonchev–Trinajstić information content (AvgIpc) is 3.56. The van der Waals surface area contributed by atoms with Crippen molar-refractivity contribution in [2.45, 2.75) is 78.3 Å². The van der Waals surface area contributed by atoms with Crippen molar-refractivity contribution in [3.05, 3.63) is 144 Å². The van der Waals surface area contributed by atoms with Crippen LogP contribution in [0.2, 0.25) is 0 Å². The number of fused-ring (bicyclic) bond motifs is 1. The lowest BCUT2D eigenvalue weighted by atomic mass is 9.79. The maximum Gasteiger partial charge on any atom is 0.149 e. The summed E-state index contributed by atoms with van der Waals surface area (Å²) in [4.78, 5) is 9.93. The standard InChI is InChI=1S/C48H49N3O/c1-46(2,3)35-26-33(25-34(27-35)41-28-32(23-24-49-41)31-17-12-10-13-18-31)38-21-16-22-42-43(38)50-45(51(42)37-19-14-11-15-20-37)39-29-36(47(4,5)6)30-40(44(39)52)48(7,8)9/h10-30,52H,1-9H3/i1D3,2D3,3D3. The summed E-state index contributed by atoms with van der Waals surface area (Å²) in [6.07, 6.45) is 1.60. The molecule has 7 aromatic rings. The molecule has 0 saturated carbocycles. The minimum absolute atomic E-state index is 0.0843. The summed E-state index contributed by atoms with van der Waals surface area (Å²) in [6, 6.07) is 36.8. The van der Waals surface area contributed by atoms with Crippen LogP contribution >= 0.6 is 0 Å². The predicted molar refractivity (Wildman–Crippen MR) is 218 cm³/mol. The first-order valence-corrected chi connectivity index (χ1v) is 17.5. The second kappa shape index (κ2) is 12.9. The maximum absolute atomic E-state index is 12.2. The number of phenols is 1. The van der Waals surface area contributed by atoms with E-state index in [-0.39, 0.29) is 11.2 Å². The van der Waals surface area contributed by atoms with E-state index >= 15 is 0 Å². The normalized spacial score (nSPS) is 15.7. The second-order valence-corrected chi connectivity index (χ2v) is 15.5. The van der Waals surface area contributed by atoms with Crippen molar-refractivity contribution in [2.24, 2.45) is 0 Å². The first-order valence-electron chi connectivity index (χ1n) is 22.0. The fourth-order valence-corrected chi connectivity index (χ4v) is 6.71. The zero-order chi connectivity index (χ0) is 44.5. The molecule has 0 spiro atoms. The number of rotatable bonds is 5. The second-order valence-electron chi connectivity index (χ2n) is 15.5. The van der Waals surface area contributed by atoms with E-state index < -0.39 is 36.9 Å². The molecule has 0 aliphatic heterocycles. The van der Waals surface area contributed by atoms with Gasteiger partial charge in [-0.05, 0) is 92.6 Å². The molecule has 1 N–H and O–H groups in total. The topological polar surface area (TPSA) is 50.9 Å². The van der Waals surface area contributed by atoms with Crippen LogP contribution in [0.4, 0.5) is 0 Å². The van der Waals surface area contributed by atoms with Crippen LogP contribution in [-0.2, 0) is 16.2 Å². The molecule has 4 heteroatoms. The molecule has 0 bridgehead atoms. The Morgan fingerprint density at radius 2 is 1.25 bits per heavy atom. The Morgan fingerprint density at radius 3 is 1.92 bits per heavy atom. The van der Waals surface area contributed by atoms with Crippen molar-refractivity contribution >= 4 is 11.0 Å². The molecule has 0 radical (unpaired) electrons. The van der Waals surface area contributed by atoms with E-state index in [1.54, 1.807) is 24.4 Å². The number of nitrogens with zero attached hydrogens (tertiary/aromatic N) is 3. The van der Waals surface area contributed by atoms with Crippen molar-refractivity contribution in [1.29, 1.82) is 0 Å². The van der Waals surface area contributed by atoms with E-state index in [2.05, 4.69) is 25.8 Å². The Morgan fingerprint density at radius 1 is 0.577 bits per heavy atom. The van der Waals surface area contributed by atoms with Gasteiger partial charge in [0, 0.05) is 40.9 Å². The Kier molecular flexibility index (Phi) is 6.33. The number of benzene rings is 5. The highest BCUT2D eigenvalue weighted by Gasteiger charge is 2.29. The van der Waals surface area contributed by atoms with Crippen LogP contribution in [0.1, 0.15) is 91.1 Å². The van der Waals surface area contributed by atoms with E-state index in [1.165, 1.54) is 12.1 Å². The molecule has 0 unspecified atom stereocenters. The van der Waals surface area contributed by atoms with Gasteiger partial charge >= 0.3 is 0 Å². The number of para-hydroxylation sites is 2. The van der Waals surface area contributed by atoms with Gasteiger partial charge in [-0.25, -0.2) is 4.98 Å². The summed E-state index contributed by atoms with van der Waals surface area (Å²) in [5, 5.41) is 12.2. The van der Waals surface area contributed by atoms with Crippen molar-refractivity contribution in [2.75, 3.05) is 0 Å². The zero-order valence-corrected chi connectivity index (χ0v) is 30.4. The lowest BCUT2D eigenvalue weighted by Crippen LogP contribution is -2.17. The summed E-state index contributed by atoms with van der Waals surface area (Å²) in [5.41, 5.74) is 2.88. The van der Waals surface area contributed by atoms with Crippen LogP contribution in [-0.4, -0.2) is 19.6 Å². The van der Waals surface area contributed by atoms with Gasteiger partial charge in [-0.15, -0.1) is 0 Å². The fourth-order valence-electron chi connectivity index (χ4n) is 6.71. The molecule has 0 amide bonds. The molecule has 5 aromatic carbocycles. The minimum Gasteiger partial charge on any atom is -0.507 e. The number of hydrogen-bond acceptors (Lipinski definition) is 3. The third-order valence-corrected chi connectivity index (χ3v) is 9.56. The molecule has 2 heterocycles. The Hall–Kier alpha value is -5.48. The van der Waals surface area contributed by atoms with Crippen molar-refractivity contribution in [1.82, 2.24) is 14.5 Å². The number of aromatic nitrogens is 3. The molecule has 0 aliphatic rings. The molecule has 0 saturated heterocycles. The molecule has 2 aromatic heterocycles. The monoisotopic (exact) mass is 692 g/mol. The fraction of sp³-hybridized carbons (Fsp3) is 0.250. The van der Waals surface area contributed by atoms with Gasteiger partial charge < -0.3 is 5.11 Å². The number of aromatic hydroxyl groups is 1. The third-order valence-electron chi connectivity index (χ3n) is 9.56. The van der Waals surface area contributed by atoms with Gasteiger partial charge in [0.05, 0.1) is 22.3 Å². The molecular weight excluding hydrogens is 635 g/mol. The molecular formula is C48H49N3O. The maximum atomic E-state index is 12.2. The molecule has 0 atom stereocenters. The van der Waals surface area contributed by atoms with E-state index in [9.17, 15) is 5.11 Å². The van der Waals surface area contributed by atoms with Gasteiger partial charge in [0.1, 0.15) is 11.6 Å². The van der Waals surface area contributed by atoms with Crippen molar-refractivity contribution in [3.63, 3.8) is 0 Å². The molecule has 262 valence electrons. The smallest absolute Gasteiger partial charge is 0.149 e. The van der Waals surface area contributed by atoms with Crippen LogP contribution in [0.15, 0.2) is 128 Å². The van der Waals surface area contributed by atoms with Gasteiger partial charge in [0.25, 0.3) is 0 Å². The highest BCUT2D eigenvalue weighted by atomic mass is 16.3. The minimum atomic E-state index is -3.51. The van der Waals surface area contributed by atoms with E-state index in [0.717, 1.165) is 27.9 Å². The quantitative estimate of drug-likeness (QED) is 0.195. The number of pyridine rings is 1. The summed E-state index contributed by atoms with van der Waals surface area (Å²) in [6.45, 7) is 1.95. The molecule has 0 fully saturated rings. The van der Waals surface area contributed by atoms with Crippen molar-refractivity contribution < 1.29 is 17.4 Å². The highest BCUT2D eigenvalue weighted by molar-refractivity contribution is 5.97. The van der Waals surface area contributed by atoms with Gasteiger partial charge in [0.2, 0.25) is 0 Å². The highest BCUT2D eigenvalue weighted by Crippen LogP contribution is 2.44. The number of hydrogen-bond donors (Lipinski definition) is 1. The summed E-state index contributed by atoms with van der Waals surface area (Å²) >= 11 is 0. The van der Waals surface area contributed by atoms with Crippen LogP contribution in [0.25, 0.3) is 61.6 Å². The lowest BCUT2D eigenvalue weighted by Gasteiger charge is -2.27. The van der Waals surface area contributed by atoms with Crippen molar-refractivity contribution in [3.8, 4) is 56.3 Å². The van der Waals surface area contributed by atoms with Gasteiger partial charge in [-0.2, -0.15) is 0 Å². The largest absolute Gasteiger partial charge is 0.507 e. The number of phenolic OH excluding ortho intramolecular Hbond substituents is 1. The molecule has 4 nitrogen and oxygen atoms in total. The van der Waals surface area contributed by atoms with Gasteiger partial charge in [0.15, 0.2) is 0 Å².